The Hall–Kier alpha value is -1.45. The molecule has 1 atom stereocenters. The van der Waals surface area contributed by atoms with E-state index in [-0.39, 0.29) is 11.8 Å². The summed E-state index contributed by atoms with van der Waals surface area (Å²) in [6.45, 7) is 7.88. The van der Waals surface area contributed by atoms with E-state index < -0.39 is 11.8 Å². The van der Waals surface area contributed by atoms with E-state index in [0.29, 0.717) is 11.3 Å². The first-order valence-electron chi connectivity index (χ1n) is 8.25. The lowest BCUT2D eigenvalue weighted by Crippen LogP contribution is -2.49. The third-order valence-electron chi connectivity index (χ3n) is 4.78. The Morgan fingerprint density at radius 1 is 1.13 bits per heavy atom. The minimum atomic E-state index is -4.43. The van der Waals surface area contributed by atoms with Crippen molar-refractivity contribution in [3.05, 3.63) is 35.4 Å². The largest absolute Gasteiger partial charge is 0.473 e. The molecule has 0 amide bonds. The maximum Gasteiger partial charge on any atom is 0.432 e. The summed E-state index contributed by atoms with van der Waals surface area (Å²) in [5, 5.41) is 0. The maximum absolute atomic E-state index is 13.4. The number of alkyl halides is 3. The molecule has 128 valence electrons. The van der Waals surface area contributed by atoms with Gasteiger partial charge in [0.2, 0.25) is 5.60 Å². The van der Waals surface area contributed by atoms with Crippen LogP contribution in [-0.2, 0) is 5.41 Å². The first kappa shape index (κ1) is 17.9. The van der Waals surface area contributed by atoms with Gasteiger partial charge in [0.1, 0.15) is 5.75 Å². The Bertz CT molecular complexity index is 587. The highest BCUT2D eigenvalue weighted by atomic mass is 19.4. The fourth-order valence-corrected chi connectivity index (χ4v) is 2.94. The van der Waals surface area contributed by atoms with Gasteiger partial charge in [-0.3, -0.25) is 0 Å². The topological polar surface area (TPSA) is 9.23 Å². The normalized spacial score (nSPS) is 21.0. The Kier molecular flexibility index (Phi) is 4.84. The first-order valence-corrected chi connectivity index (χ1v) is 8.25. The fraction of sp³-hybridized carbons (Fsp3) is 0.579. The van der Waals surface area contributed by atoms with Crippen molar-refractivity contribution in [1.82, 2.24) is 0 Å². The van der Waals surface area contributed by atoms with Gasteiger partial charge >= 0.3 is 6.18 Å². The van der Waals surface area contributed by atoms with Gasteiger partial charge in [0.05, 0.1) is 0 Å². The monoisotopic (exact) mass is 326 g/mol. The predicted molar refractivity (Wildman–Crippen MR) is 87.7 cm³/mol. The molecule has 0 bridgehead atoms. The minimum Gasteiger partial charge on any atom is -0.473 e. The zero-order valence-corrected chi connectivity index (χ0v) is 14.3. The molecular weight excluding hydrogens is 301 g/mol. The van der Waals surface area contributed by atoms with Crippen molar-refractivity contribution in [1.29, 1.82) is 0 Å². The van der Waals surface area contributed by atoms with Crippen molar-refractivity contribution < 1.29 is 17.9 Å². The van der Waals surface area contributed by atoms with Crippen molar-refractivity contribution in [2.24, 2.45) is 0 Å². The van der Waals surface area contributed by atoms with Crippen LogP contribution in [0.2, 0.25) is 0 Å². The summed E-state index contributed by atoms with van der Waals surface area (Å²) >= 11 is 0. The summed E-state index contributed by atoms with van der Waals surface area (Å²) in [5.41, 5.74) is -0.574. The van der Waals surface area contributed by atoms with Gasteiger partial charge in [0, 0.05) is 5.56 Å². The average Bonchev–Trinajstić information content (AvgIpc) is 2.50. The van der Waals surface area contributed by atoms with E-state index in [4.69, 9.17) is 4.74 Å². The first-order chi connectivity index (χ1) is 10.6. The van der Waals surface area contributed by atoms with Crippen molar-refractivity contribution in [3.63, 3.8) is 0 Å². The zero-order valence-electron chi connectivity index (χ0n) is 14.3. The smallest absolute Gasteiger partial charge is 0.432 e. The Labute approximate surface area is 136 Å². The van der Waals surface area contributed by atoms with Gasteiger partial charge in [0.25, 0.3) is 0 Å². The van der Waals surface area contributed by atoms with E-state index in [0.717, 1.165) is 30.9 Å². The van der Waals surface area contributed by atoms with Crippen molar-refractivity contribution in [2.45, 2.75) is 70.6 Å². The van der Waals surface area contributed by atoms with Crippen LogP contribution in [0.15, 0.2) is 24.3 Å². The molecule has 2 rings (SSSR count). The average molecular weight is 326 g/mol. The van der Waals surface area contributed by atoms with Crippen molar-refractivity contribution in [3.8, 4) is 5.75 Å². The van der Waals surface area contributed by atoms with Crippen LogP contribution in [0.5, 0.6) is 5.75 Å². The molecule has 1 unspecified atom stereocenters. The summed E-state index contributed by atoms with van der Waals surface area (Å²) in [7, 11) is 0. The highest BCUT2D eigenvalue weighted by Crippen LogP contribution is 2.44. The van der Waals surface area contributed by atoms with Gasteiger partial charge in [-0.1, -0.05) is 58.7 Å². The zero-order chi connectivity index (χ0) is 17.3. The summed E-state index contributed by atoms with van der Waals surface area (Å²) in [6, 6.07) is 5.63. The third kappa shape index (κ3) is 3.41. The number of halogens is 3. The molecule has 0 saturated heterocycles. The number of unbranched alkanes of at least 4 members (excludes halogenated alkanes) is 1. The van der Waals surface area contributed by atoms with E-state index in [1.165, 1.54) is 13.0 Å². The molecule has 0 fully saturated rings. The van der Waals surface area contributed by atoms with Crippen LogP contribution in [0.3, 0.4) is 0 Å². The van der Waals surface area contributed by atoms with Crippen LogP contribution in [-0.4, -0.2) is 11.8 Å². The lowest BCUT2D eigenvalue weighted by Gasteiger charge is -2.36. The number of hydrogen-bond donors (Lipinski definition) is 0. The maximum atomic E-state index is 13.4. The molecule has 4 heteroatoms. The Morgan fingerprint density at radius 2 is 1.83 bits per heavy atom. The van der Waals surface area contributed by atoms with Crippen LogP contribution < -0.4 is 4.74 Å². The molecule has 1 aromatic carbocycles. The molecule has 0 aromatic heterocycles. The van der Waals surface area contributed by atoms with Crippen LogP contribution in [0.4, 0.5) is 13.2 Å². The highest BCUT2D eigenvalue weighted by molar-refractivity contribution is 5.62. The SMILES string of the molecule is CCCCC(C)(C)c1ccc2c(c1)OC(CC)(C(F)(F)F)C=C2. The van der Waals surface area contributed by atoms with Crippen LogP contribution in [0.1, 0.15) is 64.5 Å². The molecule has 0 spiro atoms. The summed E-state index contributed by atoms with van der Waals surface area (Å²) < 4.78 is 45.7. The summed E-state index contributed by atoms with van der Waals surface area (Å²) in [4.78, 5) is 0. The summed E-state index contributed by atoms with van der Waals surface area (Å²) in [5.74, 6) is 0.328. The van der Waals surface area contributed by atoms with E-state index in [2.05, 4.69) is 20.8 Å². The third-order valence-corrected chi connectivity index (χ3v) is 4.78. The van der Waals surface area contributed by atoms with E-state index >= 15 is 0 Å². The Balaban J connectivity index is 2.37. The molecule has 1 aliphatic rings. The van der Waals surface area contributed by atoms with E-state index in [1.54, 1.807) is 6.07 Å². The highest BCUT2D eigenvalue weighted by Gasteiger charge is 2.55. The van der Waals surface area contributed by atoms with E-state index in [1.807, 2.05) is 12.1 Å². The molecule has 1 aromatic rings. The van der Waals surface area contributed by atoms with Crippen molar-refractivity contribution in [2.75, 3.05) is 0 Å². The standard InChI is InChI=1S/C19H25F3O/c1-5-7-11-17(3,4)15-9-8-14-10-12-18(6-2,19(20,21)22)23-16(14)13-15/h8-10,12-13H,5-7,11H2,1-4H3. The molecule has 0 radical (unpaired) electrons. The number of fused-ring (bicyclic) bond motifs is 1. The lowest BCUT2D eigenvalue weighted by molar-refractivity contribution is -0.230. The molecule has 1 aliphatic heterocycles. The van der Waals surface area contributed by atoms with Crippen LogP contribution in [0.25, 0.3) is 6.08 Å². The van der Waals surface area contributed by atoms with Gasteiger partial charge in [-0.15, -0.1) is 0 Å². The lowest BCUT2D eigenvalue weighted by atomic mass is 9.79. The van der Waals surface area contributed by atoms with Crippen LogP contribution in [0, 0.1) is 0 Å². The second kappa shape index (κ2) is 6.21. The predicted octanol–water partition coefficient (Wildman–Crippen LogP) is 6.27. The number of hydrogen-bond acceptors (Lipinski definition) is 1. The molecule has 0 saturated carbocycles. The summed E-state index contributed by atoms with van der Waals surface area (Å²) in [6.07, 6.45) is 1.28. The fourth-order valence-electron chi connectivity index (χ4n) is 2.94. The van der Waals surface area contributed by atoms with Gasteiger partial charge in [-0.2, -0.15) is 13.2 Å². The van der Waals surface area contributed by atoms with E-state index in [9.17, 15) is 13.2 Å². The van der Waals surface area contributed by atoms with Crippen LogP contribution >= 0.6 is 0 Å². The quantitative estimate of drug-likeness (QED) is 0.619. The van der Waals surface area contributed by atoms with Crippen molar-refractivity contribution >= 4 is 6.08 Å². The minimum absolute atomic E-state index is 0.0807. The van der Waals surface area contributed by atoms with Gasteiger partial charge in [-0.05, 0) is 36.0 Å². The van der Waals surface area contributed by atoms with Gasteiger partial charge in [0.15, 0.2) is 0 Å². The number of ether oxygens (including phenoxy) is 1. The molecule has 1 nitrogen and oxygen atoms in total. The molecule has 0 aliphatic carbocycles. The molecule has 23 heavy (non-hydrogen) atoms. The molecule has 0 N–H and O–H groups in total. The van der Waals surface area contributed by atoms with Gasteiger partial charge < -0.3 is 4.74 Å². The van der Waals surface area contributed by atoms with Gasteiger partial charge in [-0.25, -0.2) is 0 Å². The Morgan fingerprint density at radius 3 is 2.39 bits per heavy atom. The second-order valence-electron chi connectivity index (χ2n) is 6.92. The number of benzene rings is 1. The number of rotatable bonds is 5. The second-order valence-corrected chi connectivity index (χ2v) is 6.92. The molecular formula is C19H25F3O. The molecule has 1 heterocycles.